The molecule has 1 amide bonds. The van der Waals surface area contributed by atoms with Crippen LogP contribution in [0.5, 0.6) is 0 Å². The van der Waals surface area contributed by atoms with Crippen LogP contribution >= 0.6 is 23.2 Å². The summed E-state index contributed by atoms with van der Waals surface area (Å²) in [4.78, 5) is 23.1. The summed E-state index contributed by atoms with van der Waals surface area (Å²) in [7, 11) is 0. The van der Waals surface area contributed by atoms with Crippen molar-refractivity contribution in [3.8, 4) is 0 Å². The number of aliphatic carboxylic acids is 1. The standard InChI is InChI=1S/C15H19Cl2NO3/c1-9(2)15(3,8-14(20)21)18-13(19)6-10-4-5-11(16)7-12(10)17/h4-5,7,9H,6,8H2,1-3H3,(H,18,19)(H,20,21). The van der Waals surface area contributed by atoms with Crippen molar-refractivity contribution in [1.29, 1.82) is 0 Å². The van der Waals surface area contributed by atoms with E-state index in [-0.39, 0.29) is 24.7 Å². The van der Waals surface area contributed by atoms with Gasteiger partial charge in [0.15, 0.2) is 0 Å². The molecular weight excluding hydrogens is 313 g/mol. The lowest BCUT2D eigenvalue weighted by molar-refractivity contribution is -0.139. The highest BCUT2D eigenvalue weighted by Gasteiger charge is 2.32. The summed E-state index contributed by atoms with van der Waals surface area (Å²) in [6.45, 7) is 5.48. The Kier molecular flexibility index (Phi) is 6.05. The average Bonchev–Trinajstić information content (AvgIpc) is 2.31. The van der Waals surface area contributed by atoms with Gasteiger partial charge < -0.3 is 10.4 Å². The largest absolute Gasteiger partial charge is 0.481 e. The second-order valence-corrected chi connectivity index (χ2v) is 6.45. The third kappa shape index (κ3) is 5.21. The lowest BCUT2D eigenvalue weighted by Crippen LogP contribution is -2.51. The number of carbonyl (C=O) groups excluding carboxylic acids is 1. The Morgan fingerprint density at radius 1 is 1.33 bits per heavy atom. The van der Waals surface area contributed by atoms with E-state index in [0.717, 1.165) is 0 Å². The predicted molar refractivity (Wildman–Crippen MR) is 83.8 cm³/mol. The molecule has 0 aliphatic heterocycles. The highest BCUT2D eigenvalue weighted by atomic mass is 35.5. The van der Waals surface area contributed by atoms with E-state index in [1.807, 2.05) is 13.8 Å². The Hall–Kier alpha value is -1.26. The second-order valence-electron chi connectivity index (χ2n) is 5.60. The molecule has 0 aliphatic carbocycles. The number of carbonyl (C=O) groups is 2. The highest BCUT2D eigenvalue weighted by molar-refractivity contribution is 6.35. The van der Waals surface area contributed by atoms with Gasteiger partial charge in [0.25, 0.3) is 0 Å². The van der Waals surface area contributed by atoms with Crippen LogP contribution in [0.4, 0.5) is 0 Å². The smallest absolute Gasteiger partial charge is 0.305 e. The summed E-state index contributed by atoms with van der Waals surface area (Å²) in [6.07, 6.45) is -0.0529. The molecule has 0 saturated carbocycles. The van der Waals surface area contributed by atoms with Gasteiger partial charge in [-0.05, 0) is 30.5 Å². The topological polar surface area (TPSA) is 66.4 Å². The van der Waals surface area contributed by atoms with E-state index in [2.05, 4.69) is 5.32 Å². The molecule has 0 fully saturated rings. The van der Waals surface area contributed by atoms with Gasteiger partial charge >= 0.3 is 5.97 Å². The molecule has 1 rings (SSSR count). The van der Waals surface area contributed by atoms with Crippen molar-refractivity contribution in [2.75, 3.05) is 0 Å². The zero-order valence-electron chi connectivity index (χ0n) is 12.2. The first-order valence-electron chi connectivity index (χ1n) is 6.61. The van der Waals surface area contributed by atoms with Crippen LogP contribution in [-0.4, -0.2) is 22.5 Å². The van der Waals surface area contributed by atoms with Crippen LogP contribution in [0.2, 0.25) is 10.0 Å². The molecule has 6 heteroatoms. The molecular formula is C15H19Cl2NO3. The van der Waals surface area contributed by atoms with Crippen LogP contribution in [0.25, 0.3) is 0 Å². The number of hydrogen-bond donors (Lipinski definition) is 2. The molecule has 0 spiro atoms. The molecule has 21 heavy (non-hydrogen) atoms. The van der Waals surface area contributed by atoms with Crippen molar-refractivity contribution in [2.45, 2.75) is 39.2 Å². The first-order chi connectivity index (χ1) is 9.64. The summed E-state index contributed by atoms with van der Waals surface area (Å²) in [5.41, 5.74) is -0.151. The van der Waals surface area contributed by atoms with Gasteiger partial charge in [0.1, 0.15) is 0 Å². The van der Waals surface area contributed by atoms with Crippen molar-refractivity contribution >= 4 is 35.1 Å². The number of hydrogen-bond acceptors (Lipinski definition) is 2. The maximum atomic E-state index is 12.2. The van der Waals surface area contributed by atoms with Gasteiger partial charge in [0.2, 0.25) is 5.91 Å². The molecule has 0 heterocycles. The third-order valence-electron chi connectivity index (χ3n) is 3.58. The van der Waals surface area contributed by atoms with Crippen LogP contribution in [0.15, 0.2) is 18.2 Å². The van der Waals surface area contributed by atoms with Gasteiger partial charge in [-0.1, -0.05) is 43.1 Å². The number of rotatable bonds is 6. The molecule has 0 bridgehead atoms. The first kappa shape index (κ1) is 17.8. The minimum absolute atomic E-state index is 0.0155. The lowest BCUT2D eigenvalue weighted by Gasteiger charge is -2.33. The molecule has 0 saturated heterocycles. The molecule has 116 valence electrons. The Bertz CT molecular complexity index is 546. The van der Waals surface area contributed by atoms with Crippen molar-refractivity contribution < 1.29 is 14.7 Å². The van der Waals surface area contributed by atoms with Crippen molar-refractivity contribution in [2.24, 2.45) is 5.92 Å². The summed E-state index contributed by atoms with van der Waals surface area (Å²) in [6, 6.07) is 4.92. The normalized spacial score (nSPS) is 13.8. The van der Waals surface area contributed by atoms with Gasteiger partial charge in [-0.15, -0.1) is 0 Å². The second kappa shape index (κ2) is 7.14. The monoisotopic (exact) mass is 331 g/mol. The Morgan fingerprint density at radius 3 is 2.43 bits per heavy atom. The number of amides is 1. The third-order valence-corrected chi connectivity index (χ3v) is 4.17. The number of benzene rings is 1. The lowest BCUT2D eigenvalue weighted by atomic mass is 9.85. The molecule has 0 aromatic heterocycles. The van der Waals surface area contributed by atoms with E-state index in [9.17, 15) is 9.59 Å². The number of nitrogens with one attached hydrogen (secondary N) is 1. The number of halogens is 2. The van der Waals surface area contributed by atoms with E-state index in [1.54, 1.807) is 25.1 Å². The molecule has 0 aliphatic rings. The van der Waals surface area contributed by atoms with Crippen LogP contribution in [0.1, 0.15) is 32.8 Å². The summed E-state index contributed by atoms with van der Waals surface area (Å²) in [5, 5.41) is 12.7. The first-order valence-corrected chi connectivity index (χ1v) is 7.36. The van der Waals surface area contributed by atoms with E-state index in [1.165, 1.54) is 0 Å². The summed E-state index contributed by atoms with van der Waals surface area (Å²) in [5.74, 6) is -1.23. The van der Waals surface area contributed by atoms with Gasteiger partial charge in [0.05, 0.1) is 12.8 Å². The zero-order valence-corrected chi connectivity index (χ0v) is 13.8. The fraction of sp³-hybridized carbons (Fsp3) is 0.467. The molecule has 1 atom stereocenters. The summed E-state index contributed by atoms with van der Waals surface area (Å²) < 4.78 is 0. The van der Waals surface area contributed by atoms with Crippen LogP contribution < -0.4 is 5.32 Å². The van der Waals surface area contributed by atoms with E-state index < -0.39 is 11.5 Å². The SMILES string of the molecule is CC(C)C(C)(CC(=O)O)NC(=O)Cc1ccc(Cl)cc1Cl. The fourth-order valence-electron chi connectivity index (χ4n) is 1.91. The summed E-state index contributed by atoms with van der Waals surface area (Å²) >= 11 is 11.8. The van der Waals surface area contributed by atoms with Gasteiger partial charge in [-0.2, -0.15) is 0 Å². The molecule has 2 N–H and O–H groups in total. The average molecular weight is 332 g/mol. The van der Waals surface area contributed by atoms with Gasteiger partial charge in [-0.3, -0.25) is 9.59 Å². The van der Waals surface area contributed by atoms with Crippen molar-refractivity contribution in [3.63, 3.8) is 0 Å². The Labute approximate surface area is 134 Å². The van der Waals surface area contributed by atoms with Gasteiger partial charge in [0, 0.05) is 15.6 Å². The Morgan fingerprint density at radius 2 is 1.95 bits per heavy atom. The number of carboxylic acid groups (broad SMARTS) is 1. The number of carboxylic acids is 1. The van der Waals surface area contributed by atoms with Crippen LogP contribution in [0.3, 0.4) is 0 Å². The van der Waals surface area contributed by atoms with Crippen molar-refractivity contribution in [3.05, 3.63) is 33.8 Å². The molecule has 4 nitrogen and oxygen atoms in total. The zero-order chi connectivity index (χ0) is 16.2. The maximum Gasteiger partial charge on any atom is 0.305 e. The van der Waals surface area contributed by atoms with Crippen LogP contribution in [-0.2, 0) is 16.0 Å². The minimum Gasteiger partial charge on any atom is -0.481 e. The fourth-order valence-corrected chi connectivity index (χ4v) is 2.38. The molecule has 1 aromatic rings. The molecule has 0 radical (unpaired) electrons. The van der Waals surface area contributed by atoms with Gasteiger partial charge in [-0.25, -0.2) is 0 Å². The van der Waals surface area contributed by atoms with Crippen LogP contribution in [0, 0.1) is 5.92 Å². The van der Waals surface area contributed by atoms with E-state index >= 15 is 0 Å². The van der Waals surface area contributed by atoms with Crippen molar-refractivity contribution in [1.82, 2.24) is 5.32 Å². The highest BCUT2D eigenvalue weighted by Crippen LogP contribution is 2.23. The maximum absolute atomic E-state index is 12.2. The molecule has 1 aromatic carbocycles. The predicted octanol–water partition coefficient (Wildman–Crippen LogP) is 3.54. The molecule has 1 unspecified atom stereocenters. The van der Waals surface area contributed by atoms with E-state index in [4.69, 9.17) is 28.3 Å². The van der Waals surface area contributed by atoms with E-state index in [0.29, 0.717) is 15.6 Å². The quantitative estimate of drug-likeness (QED) is 0.837. The Balaban J connectivity index is 2.81. The minimum atomic E-state index is -0.948.